The summed E-state index contributed by atoms with van der Waals surface area (Å²) in [5.74, 6) is -1.47. The molecular weight excluding hydrogens is 208 g/mol. The first-order valence-electron chi connectivity index (χ1n) is 5.94. The van der Waals surface area contributed by atoms with Crippen molar-refractivity contribution in [2.75, 3.05) is 6.61 Å². The number of unbranched alkanes of at least 4 members (excludes halogenated alkanes) is 2. The van der Waals surface area contributed by atoms with Crippen molar-refractivity contribution in [3.05, 3.63) is 0 Å². The number of hydrogen-bond acceptors (Lipinski definition) is 4. The average Bonchev–Trinajstić information content (AvgIpc) is 2.95. The van der Waals surface area contributed by atoms with Crippen molar-refractivity contribution >= 4 is 5.97 Å². The Balaban J connectivity index is 2.30. The molecule has 0 aromatic carbocycles. The monoisotopic (exact) mass is 230 g/mol. The third-order valence-corrected chi connectivity index (χ3v) is 2.34. The lowest BCUT2D eigenvalue weighted by atomic mass is 9.98. The first-order valence-corrected chi connectivity index (χ1v) is 5.94. The van der Waals surface area contributed by atoms with E-state index in [1.807, 2.05) is 20.8 Å². The number of carbonyl (C=O) groups excluding carboxylic acids is 1. The molecule has 4 heteroatoms. The Bertz CT molecular complexity index is 238. The SMILES string of the molecule is CCCCCC1(C(=O)OCC(C)(C)C)OO1. The van der Waals surface area contributed by atoms with Crippen LogP contribution in [0.2, 0.25) is 0 Å². The minimum Gasteiger partial charge on any atom is -0.461 e. The van der Waals surface area contributed by atoms with Crippen LogP contribution >= 0.6 is 0 Å². The van der Waals surface area contributed by atoms with Gasteiger partial charge in [0.05, 0.1) is 6.61 Å². The second kappa shape index (κ2) is 5.15. The van der Waals surface area contributed by atoms with Crippen molar-refractivity contribution in [3.8, 4) is 0 Å². The van der Waals surface area contributed by atoms with E-state index in [2.05, 4.69) is 6.92 Å². The molecule has 94 valence electrons. The van der Waals surface area contributed by atoms with Crippen molar-refractivity contribution in [2.45, 2.75) is 59.2 Å². The van der Waals surface area contributed by atoms with Gasteiger partial charge in [0.1, 0.15) is 0 Å². The van der Waals surface area contributed by atoms with Gasteiger partial charge in [-0.2, -0.15) is 9.78 Å². The molecule has 0 amide bonds. The van der Waals surface area contributed by atoms with Crippen LogP contribution in [-0.2, 0) is 19.3 Å². The summed E-state index contributed by atoms with van der Waals surface area (Å²) in [6, 6.07) is 0. The average molecular weight is 230 g/mol. The minimum absolute atomic E-state index is 0.0326. The standard InChI is InChI=1S/C12H22O4/c1-5-6-7-8-12(15-16-12)10(13)14-9-11(2,3)4/h5-9H2,1-4H3. The van der Waals surface area contributed by atoms with E-state index in [0.717, 1.165) is 19.3 Å². The van der Waals surface area contributed by atoms with E-state index < -0.39 is 11.8 Å². The van der Waals surface area contributed by atoms with Crippen LogP contribution in [0.25, 0.3) is 0 Å². The highest BCUT2D eigenvalue weighted by Crippen LogP contribution is 2.36. The summed E-state index contributed by atoms with van der Waals surface area (Å²) in [4.78, 5) is 21.3. The van der Waals surface area contributed by atoms with Gasteiger partial charge in [-0.1, -0.05) is 40.5 Å². The van der Waals surface area contributed by atoms with Crippen LogP contribution in [0.5, 0.6) is 0 Å². The normalized spacial score (nSPS) is 18.2. The number of esters is 1. The molecule has 1 fully saturated rings. The summed E-state index contributed by atoms with van der Waals surface area (Å²) in [6.45, 7) is 8.53. The van der Waals surface area contributed by atoms with Crippen LogP contribution in [0.3, 0.4) is 0 Å². The van der Waals surface area contributed by atoms with Crippen molar-refractivity contribution < 1.29 is 19.3 Å². The number of hydrogen-bond donors (Lipinski definition) is 0. The molecule has 1 rings (SSSR count). The van der Waals surface area contributed by atoms with E-state index in [1.54, 1.807) is 0 Å². The van der Waals surface area contributed by atoms with Gasteiger partial charge in [-0.25, -0.2) is 4.79 Å². The molecule has 0 bridgehead atoms. The van der Waals surface area contributed by atoms with Crippen LogP contribution in [-0.4, -0.2) is 18.4 Å². The molecular formula is C12H22O4. The lowest BCUT2D eigenvalue weighted by molar-refractivity contribution is -0.154. The Morgan fingerprint density at radius 3 is 2.31 bits per heavy atom. The third-order valence-electron chi connectivity index (χ3n) is 2.34. The summed E-state index contributed by atoms with van der Waals surface area (Å²) in [7, 11) is 0. The largest absolute Gasteiger partial charge is 0.461 e. The van der Waals surface area contributed by atoms with E-state index in [1.165, 1.54) is 0 Å². The lowest BCUT2D eigenvalue weighted by Crippen LogP contribution is -2.30. The summed E-state index contributed by atoms with van der Waals surface area (Å²) < 4.78 is 5.18. The summed E-state index contributed by atoms with van der Waals surface area (Å²) >= 11 is 0. The Kier molecular flexibility index (Phi) is 4.33. The number of rotatable bonds is 6. The molecule has 0 aromatic heterocycles. The first kappa shape index (κ1) is 13.5. The van der Waals surface area contributed by atoms with Crippen molar-refractivity contribution in [1.82, 2.24) is 0 Å². The maximum absolute atomic E-state index is 11.7. The molecule has 1 saturated heterocycles. The molecule has 0 saturated carbocycles. The van der Waals surface area contributed by atoms with Gasteiger partial charge < -0.3 is 4.74 Å². The fraction of sp³-hybridized carbons (Fsp3) is 0.917. The van der Waals surface area contributed by atoms with E-state index in [0.29, 0.717) is 13.0 Å². The quantitative estimate of drug-likeness (QED) is 0.305. The number of carbonyl (C=O) groups is 1. The Morgan fingerprint density at radius 2 is 1.88 bits per heavy atom. The second-order valence-corrected chi connectivity index (χ2v) is 5.51. The molecule has 16 heavy (non-hydrogen) atoms. The van der Waals surface area contributed by atoms with Gasteiger partial charge >= 0.3 is 11.8 Å². The summed E-state index contributed by atoms with van der Waals surface area (Å²) in [6.07, 6.45) is 3.68. The molecule has 0 atom stereocenters. The molecule has 1 heterocycles. The Morgan fingerprint density at radius 1 is 1.25 bits per heavy atom. The van der Waals surface area contributed by atoms with Crippen LogP contribution < -0.4 is 0 Å². The third kappa shape index (κ3) is 4.10. The first-order chi connectivity index (χ1) is 7.40. The molecule has 1 aliphatic rings. The molecule has 0 unspecified atom stereocenters. The molecule has 0 aromatic rings. The topological polar surface area (TPSA) is 51.4 Å². The molecule has 0 aliphatic carbocycles. The van der Waals surface area contributed by atoms with E-state index in [4.69, 9.17) is 14.5 Å². The number of ether oxygens (including phenoxy) is 1. The van der Waals surface area contributed by atoms with Gasteiger partial charge in [0.2, 0.25) is 0 Å². The van der Waals surface area contributed by atoms with E-state index >= 15 is 0 Å². The zero-order valence-electron chi connectivity index (χ0n) is 10.7. The van der Waals surface area contributed by atoms with Gasteiger partial charge in [-0.15, -0.1) is 0 Å². The highest BCUT2D eigenvalue weighted by Gasteiger charge is 2.57. The van der Waals surface area contributed by atoms with Crippen molar-refractivity contribution in [1.29, 1.82) is 0 Å². The van der Waals surface area contributed by atoms with Gasteiger partial charge in [-0.3, -0.25) is 0 Å². The maximum atomic E-state index is 11.7. The van der Waals surface area contributed by atoms with Gasteiger partial charge in [0.15, 0.2) is 0 Å². The summed E-state index contributed by atoms with van der Waals surface area (Å²) in [5.41, 5.74) is -0.0326. The fourth-order valence-electron chi connectivity index (χ4n) is 1.30. The van der Waals surface area contributed by atoms with Crippen LogP contribution in [0.1, 0.15) is 53.4 Å². The van der Waals surface area contributed by atoms with Crippen LogP contribution in [0.4, 0.5) is 0 Å². The zero-order valence-corrected chi connectivity index (χ0v) is 10.7. The molecule has 4 nitrogen and oxygen atoms in total. The highest BCUT2D eigenvalue weighted by atomic mass is 17.4. The van der Waals surface area contributed by atoms with Crippen LogP contribution in [0, 0.1) is 5.41 Å². The lowest BCUT2D eigenvalue weighted by Gasteiger charge is -2.18. The molecule has 0 spiro atoms. The second-order valence-electron chi connectivity index (χ2n) is 5.51. The van der Waals surface area contributed by atoms with E-state index in [-0.39, 0.29) is 5.41 Å². The molecule has 0 N–H and O–H groups in total. The maximum Gasteiger partial charge on any atom is 0.372 e. The summed E-state index contributed by atoms with van der Waals surface area (Å²) in [5, 5.41) is 0. The highest BCUT2D eigenvalue weighted by molar-refractivity contribution is 5.79. The van der Waals surface area contributed by atoms with Gasteiger partial charge in [-0.05, 0) is 11.8 Å². The minimum atomic E-state index is -1.08. The van der Waals surface area contributed by atoms with Crippen molar-refractivity contribution in [3.63, 3.8) is 0 Å². The Labute approximate surface area is 97.2 Å². The fourth-order valence-corrected chi connectivity index (χ4v) is 1.30. The van der Waals surface area contributed by atoms with Gasteiger partial charge in [0.25, 0.3) is 0 Å². The molecule has 0 radical (unpaired) electrons. The van der Waals surface area contributed by atoms with Crippen LogP contribution in [0.15, 0.2) is 0 Å². The predicted octanol–water partition coefficient (Wildman–Crippen LogP) is 2.81. The van der Waals surface area contributed by atoms with E-state index in [9.17, 15) is 4.79 Å². The smallest absolute Gasteiger partial charge is 0.372 e. The zero-order chi connectivity index (χ0) is 12.2. The Hall–Kier alpha value is -0.610. The van der Waals surface area contributed by atoms with Gasteiger partial charge in [0, 0.05) is 6.42 Å². The molecule has 1 aliphatic heterocycles. The predicted molar refractivity (Wildman–Crippen MR) is 59.5 cm³/mol. The van der Waals surface area contributed by atoms with Crippen molar-refractivity contribution in [2.24, 2.45) is 5.41 Å².